The third-order valence-corrected chi connectivity index (χ3v) is 8.30. The van der Waals surface area contributed by atoms with Crippen LogP contribution in [0.15, 0.2) is 93.5 Å². The van der Waals surface area contributed by atoms with E-state index in [1.807, 2.05) is 24.3 Å². The second-order valence-electron chi connectivity index (χ2n) is 7.53. The molecule has 2 nitrogen and oxygen atoms in total. The monoisotopic (exact) mass is 460 g/mol. The zero-order valence-electron chi connectivity index (χ0n) is 18.2. The highest BCUT2D eigenvalue weighted by molar-refractivity contribution is 8.30. The van der Waals surface area contributed by atoms with Gasteiger partial charge in [0.15, 0.2) is 0 Å². The predicted molar refractivity (Wildman–Crippen MR) is 122 cm³/mol. The molecule has 0 saturated heterocycles. The Kier molecular flexibility index (Phi) is 7.67. The topological polar surface area (TPSA) is 26.3 Å². The van der Waals surface area contributed by atoms with E-state index in [0.717, 1.165) is 36.8 Å². The molecule has 3 aromatic carbocycles. The second kappa shape index (κ2) is 10.3. The number of carbonyl (C=O) groups excluding carboxylic acids is 1. The van der Waals surface area contributed by atoms with Crippen LogP contribution in [-0.2, 0) is 21.8 Å². The molecule has 0 radical (unpaired) electrons. The van der Waals surface area contributed by atoms with Gasteiger partial charge in [0.1, 0.15) is 0 Å². The molecule has 0 amide bonds. The average molecular weight is 461 g/mol. The molecule has 170 valence electrons. The lowest BCUT2D eigenvalue weighted by molar-refractivity contribution is -0.188. The number of alkyl halides is 3. The average Bonchev–Trinajstić information content (AvgIpc) is 2.79. The lowest BCUT2D eigenvalue weighted by Crippen LogP contribution is -2.27. The molecule has 0 aliphatic rings. The predicted octanol–water partition coefficient (Wildman–Crippen LogP) is 7.89. The van der Waals surface area contributed by atoms with Crippen LogP contribution in [0.2, 0.25) is 0 Å². The summed E-state index contributed by atoms with van der Waals surface area (Å²) in [5.41, 5.74) is 2.16. The maximum Gasteiger partial charge on any atom is 0.491 e. The largest absolute Gasteiger partial charge is 0.491 e. The van der Waals surface area contributed by atoms with Crippen LogP contribution in [-0.4, -0.2) is 12.1 Å². The molecular formula is C26H27F3O2S. The number of benzene rings is 3. The summed E-state index contributed by atoms with van der Waals surface area (Å²) in [5.74, 6) is -2.19. The Labute approximate surface area is 189 Å². The molecular weight excluding hydrogens is 433 g/mol. The van der Waals surface area contributed by atoms with Gasteiger partial charge in [0, 0.05) is 14.7 Å². The minimum Gasteiger partial charge on any atom is -0.395 e. The number of hydrogen-bond donors (Lipinski definition) is 0. The summed E-state index contributed by atoms with van der Waals surface area (Å²) in [6.45, 7) is 4.13. The van der Waals surface area contributed by atoms with Crippen molar-refractivity contribution in [3.63, 3.8) is 0 Å². The first-order valence-electron chi connectivity index (χ1n) is 10.7. The first-order valence-corrected chi connectivity index (χ1v) is 12.2. The summed E-state index contributed by atoms with van der Waals surface area (Å²) < 4.78 is 45.7. The molecule has 32 heavy (non-hydrogen) atoms. The molecule has 0 heterocycles. The highest BCUT2D eigenvalue weighted by Gasteiger charge is 2.47. The van der Waals surface area contributed by atoms with Gasteiger partial charge in [-0.15, -0.1) is 0 Å². The molecule has 0 aliphatic heterocycles. The Hall–Kier alpha value is -2.73. The van der Waals surface area contributed by atoms with Gasteiger partial charge < -0.3 is 4.18 Å². The van der Waals surface area contributed by atoms with Crippen molar-refractivity contribution in [2.75, 3.05) is 0 Å². The van der Waals surface area contributed by atoms with Gasteiger partial charge in [0.25, 0.3) is 0 Å². The molecule has 6 heteroatoms. The molecule has 0 aromatic heterocycles. The number of aryl methyl sites for hydroxylation is 2. The van der Waals surface area contributed by atoms with Crippen LogP contribution in [0.3, 0.4) is 0 Å². The van der Waals surface area contributed by atoms with Gasteiger partial charge in [-0.2, -0.15) is 13.2 Å². The van der Waals surface area contributed by atoms with E-state index in [9.17, 15) is 18.0 Å². The van der Waals surface area contributed by atoms with Crippen molar-refractivity contribution in [2.24, 2.45) is 0 Å². The van der Waals surface area contributed by atoms with Crippen LogP contribution < -0.4 is 0 Å². The fourth-order valence-corrected chi connectivity index (χ4v) is 6.60. The van der Waals surface area contributed by atoms with Crippen LogP contribution >= 0.6 is 10.3 Å². The lowest BCUT2D eigenvalue weighted by Gasteiger charge is -2.40. The van der Waals surface area contributed by atoms with Crippen LogP contribution in [0.5, 0.6) is 0 Å². The van der Waals surface area contributed by atoms with Gasteiger partial charge in [-0.05, 0) is 70.7 Å². The van der Waals surface area contributed by atoms with E-state index in [1.54, 1.807) is 54.6 Å². The van der Waals surface area contributed by atoms with Crippen molar-refractivity contribution in [1.29, 1.82) is 0 Å². The molecule has 0 fully saturated rings. The minimum atomic E-state index is -5.10. The van der Waals surface area contributed by atoms with E-state index >= 15 is 0 Å². The van der Waals surface area contributed by atoms with E-state index in [-0.39, 0.29) is 0 Å². The van der Waals surface area contributed by atoms with E-state index in [4.69, 9.17) is 4.18 Å². The van der Waals surface area contributed by atoms with Crippen LogP contribution in [0, 0.1) is 0 Å². The van der Waals surface area contributed by atoms with Gasteiger partial charge in [0.05, 0.1) is 0 Å². The first-order chi connectivity index (χ1) is 15.3. The maximum atomic E-state index is 13.4. The number of carbonyl (C=O) groups is 1. The Morgan fingerprint density at radius 2 is 1.12 bits per heavy atom. The highest BCUT2D eigenvalue weighted by atomic mass is 32.3. The summed E-state index contributed by atoms with van der Waals surface area (Å²) in [6.07, 6.45) is -1.46. The summed E-state index contributed by atoms with van der Waals surface area (Å²) in [7, 11) is -2.95. The third-order valence-electron chi connectivity index (χ3n) is 5.10. The number of rotatable bonds is 8. The van der Waals surface area contributed by atoms with Crippen LogP contribution in [0.25, 0.3) is 0 Å². The SMILES string of the molecule is CCCc1ccc(S(OC(=O)C(F)(F)F)(c2ccccc2)c2ccc(CCC)cc2)cc1. The first kappa shape index (κ1) is 23.9. The second-order valence-corrected chi connectivity index (χ2v) is 10.2. The van der Waals surface area contributed by atoms with Gasteiger partial charge in [-0.25, -0.2) is 4.79 Å². The number of halogens is 3. The molecule has 3 aromatic rings. The molecule has 0 saturated carbocycles. The quantitative estimate of drug-likeness (QED) is 0.342. The fourth-order valence-electron chi connectivity index (χ4n) is 3.60. The van der Waals surface area contributed by atoms with Crippen molar-refractivity contribution < 1.29 is 22.1 Å². The van der Waals surface area contributed by atoms with E-state index in [1.165, 1.54) is 0 Å². The Bertz CT molecular complexity index is 964. The molecule has 0 spiro atoms. The van der Waals surface area contributed by atoms with Crippen molar-refractivity contribution in [2.45, 2.75) is 60.4 Å². The highest BCUT2D eigenvalue weighted by Crippen LogP contribution is 2.69. The third kappa shape index (κ3) is 5.18. The van der Waals surface area contributed by atoms with E-state index in [0.29, 0.717) is 14.7 Å². The fraction of sp³-hybridized carbons (Fsp3) is 0.269. The Morgan fingerprint density at radius 3 is 1.50 bits per heavy atom. The van der Waals surface area contributed by atoms with Crippen molar-refractivity contribution >= 4 is 16.3 Å². The lowest BCUT2D eigenvalue weighted by atomic mass is 10.1. The van der Waals surface area contributed by atoms with Crippen LogP contribution in [0.4, 0.5) is 13.2 Å². The number of hydrogen-bond acceptors (Lipinski definition) is 2. The molecule has 0 bridgehead atoms. The maximum absolute atomic E-state index is 13.4. The van der Waals surface area contributed by atoms with Crippen molar-refractivity contribution in [3.8, 4) is 0 Å². The molecule has 0 aliphatic carbocycles. The summed E-state index contributed by atoms with van der Waals surface area (Å²) >= 11 is 0. The van der Waals surface area contributed by atoms with E-state index in [2.05, 4.69) is 13.8 Å². The van der Waals surface area contributed by atoms with Gasteiger partial charge >= 0.3 is 12.1 Å². The zero-order chi connectivity index (χ0) is 23.2. The molecule has 0 unspecified atom stereocenters. The van der Waals surface area contributed by atoms with Gasteiger partial charge in [0.2, 0.25) is 0 Å². The Balaban J connectivity index is 2.25. The summed E-state index contributed by atoms with van der Waals surface area (Å²) in [4.78, 5) is 13.8. The van der Waals surface area contributed by atoms with Crippen molar-refractivity contribution in [1.82, 2.24) is 0 Å². The van der Waals surface area contributed by atoms with Crippen LogP contribution in [0.1, 0.15) is 37.8 Å². The minimum absolute atomic E-state index is 0.532. The Morgan fingerprint density at radius 1 is 0.719 bits per heavy atom. The van der Waals surface area contributed by atoms with Gasteiger partial charge in [-0.1, -0.05) is 69.2 Å². The smallest absolute Gasteiger partial charge is 0.395 e. The molecule has 0 atom stereocenters. The van der Waals surface area contributed by atoms with Crippen molar-refractivity contribution in [3.05, 3.63) is 90.0 Å². The zero-order valence-corrected chi connectivity index (χ0v) is 19.0. The normalized spacial score (nSPS) is 12.4. The standard InChI is InChI=1S/C26H27F3O2S/c1-3-8-20-12-16-23(17-13-20)32(22-10-6-5-7-11-22,31-25(30)26(27,28)29)24-18-14-21(9-4-2)15-19-24/h5-7,10-19H,3-4,8-9H2,1-2H3. The van der Waals surface area contributed by atoms with E-state index < -0.39 is 22.5 Å². The summed E-state index contributed by atoms with van der Waals surface area (Å²) in [6, 6.07) is 23.5. The molecule has 3 rings (SSSR count). The summed E-state index contributed by atoms with van der Waals surface area (Å²) in [5, 5.41) is 0. The molecule has 0 N–H and O–H groups in total. The van der Waals surface area contributed by atoms with Gasteiger partial charge in [-0.3, -0.25) is 0 Å².